The Kier molecular flexibility index (Phi) is 7.31. The minimum Gasteiger partial charge on any atom is -0.375 e. The van der Waals surface area contributed by atoms with Crippen molar-refractivity contribution in [1.82, 2.24) is 10.2 Å². The lowest BCUT2D eigenvalue weighted by Crippen LogP contribution is -2.41. The van der Waals surface area contributed by atoms with Crippen molar-refractivity contribution in [3.05, 3.63) is 20.8 Å². The Bertz CT molecular complexity index is 410. The highest BCUT2D eigenvalue weighted by Crippen LogP contribution is 2.21. The molecule has 4 nitrogen and oxygen atoms in total. The Morgan fingerprint density at radius 1 is 1.68 bits per heavy atom. The van der Waals surface area contributed by atoms with E-state index in [-0.39, 0.29) is 24.4 Å². The van der Waals surface area contributed by atoms with E-state index < -0.39 is 0 Å². The van der Waals surface area contributed by atoms with Crippen LogP contribution >= 0.6 is 39.7 Å². The van der Waals surface area contributed by atoms with E-state index in [1.165, 1.54) is 0 Å². The fraction of sp³-hybridized carbons (Fsp3) is 0.583. The predicted octanol–water partition coefficient (Wildman–Crippen LogP) is 2.27. The van der Waals surface area contributed by atoms with Crippen molar-refractivity contribution in [2.24, 2.45) is 0 Å². The van der Waals surface area contributed by atoms with E-state index in [9.17, 15) is 4.79 Å². The Balaban J connectivity index is 0.00000180. The Hall–Kier alpha value is -0.140. The van der Waals surface area contributed by atoms with E-state index in [4.69, 9.17) is 4.74 Å². The normalized spacial score (nSPS) is 18.7. The lowest BCUT2D eigenvalue weighted by Gasteiger charge is -2.25. The van der Waals surface area contributed by atoms with Crippen LogP contribution in [-0.4, -0.2) is 43.7 Å². The number of ether oxygens (including phenoxy) is 1. The number of morpholine rings is 1. The molecule has 1 fully saturated rings. The van der Waals surface area contributed by atoms with Crippen LogP contribution in [0.5, 0.6) is 0 Å². The van der Waals surface area contributed by atoms with Crippen LogP contribution in [0.2, 0.25) is 0 Å². The monoisotopic (exact) mass is 368 g/mol. The van der Waals surface area contributed by atoms with Crippen molar-refractivity contribution in [2.75, 3.05) is 26.7 Å². The summed E-state index contributed by atoms with van der Waals surface area (Å²) in [7, 11) is 1.84. The quantitative estimate of drug-likeness (QED) is 0.885. The fourth-order valence-corrected chi connectivity index (χ4v) is 3.09. The van der Waals surface area contributed by atoms with Gasteiger partial charge in [-0.25, -0.2) is 0 Å². The summed E-state index contributed by atoms with van der Waals surface area (Å²) in [6, 6.07) is 2.05. The molecule has 0 saturated carbocycles. The zero-order valence-corrected chi connectivity index (χ0v) is 13.9. The van der Waals surface area contributed by atoms with Gasteiger partial charge in [-0.05, 0) is 32.9 Å². The number of hydrogen-bond donors (Lipinski definition) is 1. The highest BCUT2D eigenvalue weighted by Gasteiger charge is 2.19. The van der Waals surface area contributed by atoms with Crippen molar-refractivity contribution in [2.45, 2.75) is 19.1 Å². The van der Waals surface area contributed by atoms with Crippen molar-refractivity contribution < 1.29 is 9.53 Å². The second-order valence-electron chi connectivity index (χ2n) is 4.41. The molecule has 0 bridgehead atoms. The molecule has 0 radical (unpaired) electrons. The van der Waals surface area contributed by atoms with E-state index in [1.54, 1.807) is 16.2 Å². The maximum Gasteiger partial charge on any atom is 0.225 e. The van der Waals surface area contributed by atoms with Crippen LogP contribution in [0.1, 0.15) is 12.0 Å². The Labute approximate surface area is 132 Å². The van der Waals surface area contributed by atoms with E-state index in [2.05, 4.69) is 26.6 Å². The van der Waals surface area contributed by atoms with Gasteiger partial charge in [0.2, 0.25) is 5.91 Å². The summed E-state index contributed by atoms with van der Waals surface area (Å²) in [6.07, 6.45) is 0.470. The smallest absolute Gasteiger partial charge is 0.225 e. The van der Waals surface area contributed by atoms with Crippen molar-refractivity contribution in [3.63, 3.8) is 0 Å². The third-order valence-electron chi connectivity index (χ3n) is 2.87. The van der Waals surface area contributed by atoms with Gasteiger partial charge in [0.1, 0.15) is 0 Å². The minimum absolute atomic E-state index is 0. The highest BCUT2D eigenvalue weighted by atomic mass is 79.9. The van der Waals surface area contributed by atoms with E-state index in [0.29, 0.717) is 19.6 Å². The summed E-state index contributed by atoms with van der Waals surface area (Å²) < 4.78 is 6.63. The summed E-state index contributed by atoms with van der Waals surface area (Å²) in [5.74, 6) is 0.131. The first-order chi connectivity index (χ1) is 8.65. The molecule has 2 rings (SSSR count). The summed E-state index contributed by atoms with van der Waals surface area (Å²) in [4.78, 5) is 13.8. The van der Waals surface area contributed by atoms with Crippen LogP contribution in [0.4, 0.5) is 0 Å². The molecule has 0 aromatic carbocycles. The van der Waals surface area contributed by atoms with Crippen LogP contribution in [-0.2, 0) is 16.1 Å². The van der Waals surface area contributed by atoms with Gasteiger partial charge in [0, 0.05) is 26.7 Å². The Morgan fingerprint density at radius 3 is 3.05 bits per heavy atom. The zero-order chi connectivity index (χ0) is 13.0. The molecule has 1 aliphatic heterocycles. The van der Waals surface area contributed by atoms with Crippen LogP contribution in [0.3, 0.4) is 0 Å². The van der Waals surface area contributed by atoms with Crippen LogP contribution in [0.15, 0.2) is 15.2 Å². The highest BCUT2D eigenvalue weighted by molar-refractivity contribution is 9.11. The number of nitrogens with zero attached hydrogens (tertiary/aromatic N) is 1. The van der Waals surface area contributed by atoms with Gasteiger partial charge in [-0.2, -0.15) is 0 Å². The fourth-order valence-electron chi connectivity index (χ4n) is 1.89. The van der Waals surface area contributed by atoms with E-state index >= 15 is 0 Å². The molecular weight excluding hydrogens is 352 g/mol. The topological polar surface area (TPSA) is 41.6 Å². The van der Waals surface area contributed by atoms with Crippen LogP contribution in [0.25, 0.3) is 0 Å². The molecular formula is C12H18BrClN2O2S. The van der Waals surface area contributed by atoms with Crippen LogP contribution < -0.4 is 5.32 Å². The molecule has 19 heavy (non-hydrogen) atoms. The number of rotatable bonds is 4. The SMILES string of the molecule is CN(Cc1csc(Br)c1)C(=O)CC1CNCCO1.Cl. The van der Waals surface area contributed by atoms with Gasteiger partial charge < -0.3 is 15.0 Å². The number of carbonyl (C=O) groups excluding carboxylic acids is 1. The first-order valence-corrected chi connectivity index (χ1v) is 7.61. The molecule has 1 unspecified atom stereocenters. The second kappa shape index (κ2) is 8.21. The molecule has 1 aromatic heterocycles. The second-order valence-corrected chi connectivity index (χ2v) is 6.70. The maximum atomic E-state index is 12.0. The maximum absolute atomic E-state index is 12.0. The lowest BCUT2D eigenvalue weighted by atomic mass is 10.2. The average molecular weight is 370 g/mol. The van der Waals surface area contributed by atoms with Gasteiger partial charge in [0.15, 0.2) is 0 Å². The summed E-state index contributed by atoms with van der Waals surface area (Å²) in [5, 5.41) is 5.29. The molecule has 7 heteroatoms. The van der Waals surface area contributed by atoms with E-state index in [1.807, 2.05) is 13.1 Å². The number of thiophene rings is 1. The molecule has 0 spiro atoms. The molecule has 0 aliphatic carbocycles. The van der Waals surface area contributed by atoms with Gasteiger partial charge in [-0.15, -0.1) is 23.7 Å². The number of halogens is 2. The van der Waals surface area contributed by atoms with E-state index in [0.717, 1.165) is 22.4 Å². The summed E-state index contributed by atoms with van der Waals surface area (Å²) in [6.45, 7) is 2.99. The first-order valence-electron chi connectivity index (χ1n) is 5.94. The third-order valence-corrected chi connectivity index (χ3v) is 4.43. The molecule has 1 aliphatic rings. The standard InChI is InChI=1S/C12H17BrN2O2S.ClH/c1-15(7-9-4-11(13)18-8-9)12(16)5-10-6-14-2-3-17-10;/h4,8,10,14H,2-3,5-7H2,1H3;1H. The van der Waals surface area contributed by atoms with Crippen molar-refractivity contribution in [1.29, 1.82) is 0 Å². The van der Waals surface area contributed by atoms with Crippen LogP contribution in [0, 0.1) is 0 Å². The molecule has 1 N–H and O–H groups in total. The predicted molar refractivity (Wildman–Crippen MR) is 83.0 cm³/mol. The zero-order valence-electron chi connectivity index (χ0n) is 10.7. The van der Waals surface area contributed by atoms with Crippen molar-refractivity contribution in [3.8, 4) is 0 Å². The largest absolute Gasteiger partial charge is 0.375 e. The van der Waals surface area contributed by atoms with Gasteiger partial charge in [-0.1, -0.05) is 0 Å². The van der Waals surface area contributed by atoms with Gasteiger partial charge in [-0.3, -0.25) is 4.79 Å². The minimum atomic E-state index is 0. The molecule has 108 valence electrons. The Morgan fingerprint density at radius 2 is 2.47 bits per heavy atom. The molecule has 1 amide bonds. The summed E-state index contributed by atoms with van der Waals surface area (Å²) in [5.41, 5.74) is 1.16. The molecule has 1 aromatic rings. The number of amides is 1. The first kappa shape index (κ1) is 16.9. The third kappa shape index (κ3) is 5.39. The number of nitrogens with one attached hydrogen (secondary N) is 1. The van der Waals surface area contributed by atoms with Gasteiger partial charge >= 0.3 is 0 Å². The van der Waals surface area contributed by atoms with Crippen molar-refractivity contribution >= 4 is 45.6 Å². The average Bonchev–Trinajstić information content (AvgIpc) is 2.76. The van der Waals surface area contributed by atoms with Gasteiger partial charge in [0.25, 0.3) is 0 Å². The number of hydrogen-bond acceptors (Lipinski definition) is 4. The molecule has 1 saturated heterocycles. The summed E-state index contributed by atoms with van der Waals surface area (Å²) >= 11 is 5.06. The molecule has 2 heterocycles. The molecule has 1 atom stereocenters. The number of carbonyl (C=O) groups is 1. The lowest BCUT2D eigenvalue weighted by molar-refractivity contribution is -0.133. The van der Waals surface area contributed by atoms with Gasteiger partial charge in [0.05, 0.1) is 22.9 Å².